The van der Waals surface area contributed by atoms with Gasteiger partial charge in [-0.05, 0) is 35.0 Å². The average Bonchev–Trinajstić information content (AvgIpc) is 2.90. The molecule has 17 heavy (non-hydrogen) atoms. The molecule has 2 aromatic rings. The molecule has 92 valence electrons. The number of rotatable bonds is 5. The van der Waals surface area contributed by atoms with Crippen molar-refractivity contribution < 1.29 is 4.42 Å². The maximum Gasteiger partial charge on any atom is 0.141 e. The van der Waals surface area contributed by atoms with Gasteiger partial charge in [-0.2, -0.15) is 0 Å². The Bertz CT molecular complexity index is 478. The Hall–Kier alpha value is -1.07. The highest BCUT2D eigenvalue weighted by Gasteiger charge is 2.21. The van der Waals surface area contributed by atoms with Crippen molar-refractivity contribution >= 4 is 15.9 Å². The summed E-state index contributed by atoms with van der Waals surface area (Å²) in [5, 5.41) is 3.44. The van der Waals surface area contributed by atoms with E-state index in [0.29, 0.717) is 0 Å². The molecular formula is C12H16BrN3O. The number of furan rings is 1. The maximum absolute atomic E-state index is 5.53. The standard InChI is InChI=1S/C12H16BrN3O/c1-3-5-14-11(10-7-16(2)8-15-10)12-9(13)4-6-17-12/h4,6-8,11,14H,3,5H2,1-2H3. The molecule has 0 saturated heterocycles. The third kappa shape index (κ3) is 2.79. The number of nitrogens with zero attached hydrogens (tertiary/aromatic N) is 2. The second kappa shape index (κ2) is 5.51. The number of aromatic nitrogens is 2. The number of hydrogen-bond donors (Lipinski definition) is 1. The number of nitrogens with one attached hydrogen (secondary N) is 1. The number of aryl methyl sites for hydroxylation is 1. The number of halogens is 1. The van der Waals surface area contributed by atoms with Crippen LogP contribution in [0, 0.1) is 0 Å². The van der Waals surface area contributed by atoms with Crippen LogP contribution in [0.15, 0.2) is 33.7 Å². The lowest BCUT2D eigenvalue weighted by Gasteiger charge is -2.14. The molecule has 0 spiro atoms. The molecule has 2 heterocycles. The summed E-state index contributed by atoms with van der Waals surface area (Å²) in [7, 11) is 1.96. The Kier molecular flexibility index (Phi) is 4.02. The maximum atomic E-state index is 5.53. The first-order valence-corrected chi connectivity index (χ1v) is 6.45. The number of hydrogen-bond acceptors (Lipinski definition) is 3. The van der Waals surface area contributed by atoms with Crippen LogP contribution in [0.4, 0.5) is 0 Å². The zero-order valence-corrected chi connectivity index (χ0v) is 11.6. The van der Waals surface area contributed by atoms with Crippen LogP contribution in [-0.4, -0.2) is 16.1 Å². The van der Waals surface area contributed by atoms with Gasteiger partial charge in [0.25, 0.3) is 0 Å². The quantitative estimate of drug-likeness (QED) is 0.923. The topological polar surface area (TPSA) is 43.0 Å². The van der Waals surface area contributed by atoms with Gasteiger partial charge in [0.05, 0.1) is 22.8 Å². The van der Waals surface area contributed by atoms with Crippen LogP contribution in [0.2, 0.25) is 0 Å². The van der Waals surface area contributed by atoms with Crippen LogP contribution in [-0.2, 0) is 7.05 Å². The molecule has 0 bridgehead atoms. The van der Waals surface area contributed by atoms with Gasteiger partial charge in [-0.15, -0.1) is 0 Å². The van der Waals surface area contributed by atoms with E-state index in [0.717, 1.165) is 28.9 Å². The molecule has 1 unspecified atom stereocenters. The van der Waals surface area contributed by atoms with Crippen molar-refractivity contribution in [3.05, 3.63) is 40.8 Å². The highest BCUT2D eigenvalue weighted by Crippen LogP contribution is 2.28. The van der Waals surface area contributed by atoms with E-state index in [9.17, 15) is 0 Å². The number of imidazole rings is 1. The third-order valence-corrected chi connectivity index (χ3v) is 3.18. The average molecular weight is 298 g/mol. The van der Waals surface area contributed by atoms with Gasteiger partial charge in [-0.3, -0.25) is 0 Å². The van der Waals surface area contributed by atoms with E-state index in [1.54, 1.807) is 12.6 Å². The summed E-state index contributed by atoms with van der Waals surface area (Å²) in [4.78, 5) is 4.39. The van der Waals surface area contributed by atoms with Crippen LogP contribution in [0.3, 0.4) is 0 Å². The van der Waals surface area contributed by atoms with Crippen molar-refractivity contribution in [3.8, 4) is 0 Å². The summed E-state index contributed by atoms with van der Waals surface area (Å²) in [6, 6.07) is 1.90. The molecule has 2 rings (SSSR count). The molecule has 4 nitrogen and oxygen atoms in total. The van der Waals surface area contributed by atoms with Gasteiger partial charge in [0.2, 0.25) is 0 Å². The Morgan fingerprint density at radius 2 is 2.41 bits per heavy atom. The molecule has 0 saturated carbocycles. The van der Waals surface area contributed by atoms with Gasteiger partial charge in [0.1, 0.15) is 11.8 Å². The minimum Gasteiger partial charge on any atom is -0.466 e. The van der Waals surface area contributed by atoms with Crippen molar-refractivity contribution in [2.24, 2.45) is 7.05 Å². The lowest BCUT2D eigenvalue weighted by molar-refractivity contribution is 0.440. The Morgan fingerprint density at radius 1 is 1.59 bits per heavy atom. The normalized spacial score (nSPS) is 12.9. The van der Waals surface area contributed by atoms with Gasteiger partial charge in [0.15, 0.2) is 0 Å². The first-order valence-electron chi connectivity index (χ1n) is 5.66. The van der Waals surface area contributed by atoms with E-state index in [4.69, 9.17) is 4.42 Å². The largest absolute Gasteiger partial charge is 0.466 e. The van der Waals surface area contributed by atoms with Crippen LogP contribution in [0.25, 0.3) is 0 Å². The SMILES string of the molecule is CCCNC(c1cn(C)cn1)c1occc1Br. The summed E-state index contributed by atoms with van der Waals surface area (Å²) in [6.07, 6.45) is 6.56. The molecule has 0 radical (unpaired) electrons. The fraction of sp³-hybridized carbons (Fsp3) is 0.417. The minimum atomic E-state index is 0.000486. The molecule has 0 aromatic carbocycles. The lowest BCUT2D eigenvalue weighted by Crippen LogP contribution is -2.23. The molecule has 2 aromatic heterocycles. The first kappa shape index (κ1) is 12.4. The molecule has 0 aliphatic heterocycles. The van der Waals surface area contributed by atoms with Gasteiger partial charge in [-0.1, -0.05) is 6.92 Å². The van der Waals surface area contributed by atoms with E-state index in [-0.39, 0.29) is 6.04 Å². The minimum absolute atomic E-state index is 0.000486. The second-order valence-electron chi connectivity index (χ2n) is 3.98. The molecule has 0 aliphatic carbocycles. The summed E-state index contributed by atoms with van der Waals surface area (Å²) in [6.45, 7) is 3.06. The lowest BCUT2D eigenvalue weighted by atomic mass is 10.1. The van der Waals surface area contributed by atoms with Crippen molar-refractivity contribution in [1.29, 1.82) is 0 Å². The van der Waals surface area contributed by atoms with Crippen LogP contribution in [0.1, 0.15) is 30.8 Å². The van der Waals surface area contributed by atoms with Crippen LogP contribution < -0.4 is 5.32 Å². The van der Waals surface area contributed by atoms with Crippen molar-refractivity contribution in [2.45, 2.75) is 19.4 Å². The summed E-state index contributed by atoms with van der Waals surface area (Å²) >= 11 is 3.49. The van der Waals surface area contributed by atoms with Gasteiger partial charge >= 0.3 is 0 Å². The summed E-state index contributed by atoms with van der Waals surface area (Å²) in [5.41, 5.74) is 0.969. The Morgan fingerprint density at radius 3 is 2.94 bits per heavy atom. The molecule has 0 fully saturated rings. The second-order valence-corrected chi connectivity index (χ2v) is 4.84. The van der Waals surface area contributed by atoms with E-state index in [2.05, 4.69) is 33.2 Å². The fourth-order valence-corrected chi connectivity index (χ4v) is 2.14. The van der Waals surface area contributed by atoms with Crippen molar-refractivity contribution in [2.75, 3.05) is 6.54 Å². The van der Waals surface area contributed by atoms with E-state index < -0.39 is 0 Å². The first-order chi connectivity index (χ1) is 8.22. The van der Waals surface area contributed by atoms with E-state index in [1.165, 1.54) is 0 Å². The molecule has 1 N–H and O–H groups in total. The van der Waals surface area contributed by atoms with Gasteiger partial charge < -0.3 is 14.3 Å². The van der Waals surface area contributed by atoms with Gasteiger partial charge in [0, 0.05) is 13.2 Å². The third-order valence-electron chi connectivity index (χ3n) is 2.53. The Labute approximate surface area is 109 Å². The highest BCUT2D eigenvalue weighted by atomic mass is 79.9. The zero-order valence-electron chi connectivity index (χ0n) is 9.98. The van der Waals surface area contributed by atoms with Crippen molar-refractivity contribution in [3.63, 3.8) is 0 Å². The van der Waals surface area contributed by atoms with Crippen molar-refractivity contribution in [1.82, 2.24) is 14.9 Å². The fourth-order valence-electron chi connectivity index (χ4n) is 1.71. The predicted molar refractivity (Wildman–Crippen MR) is 69.8 cm³/mol. The summed E-state index contributed by atoms with van der Waals surface area (Å²) < 4.78 is 8.44. The molecule has 0 amide bonds. The zero-order chi connectivity index (χ0) is 12.3. The molecule has 0 aliphatic rings. The smallest absolute Gasteiger partial charge is 0.141 e. The molecule has 1 atom stereocenters. The van der Waals surface area contributed by atoms with E-state index in [1.807, 2.05) is 23.9 Å². The molecule has 5 heteroatoms. The van der Waals surface area contributed by atoms with Crippen LogP contribution in [0.5, 0.6) is 0 Å². The summed E-state index contributed by atoms with van der Waals surface area (Å²) in [5.74, 6) is 0.872. The van der Waals surface area contributed by atoms with Gasteiger partial charge in [-0.25, -0.2) is 4.98 Å². The van der Waals surface area contributed by atoms with Crippen LogP contribution >= 0.6 is 15.9 Å². The monoisotopic (exact) mass is 297 g/mol. The highest BCUT2D eigenvalue weighted by molar-refractivity contribution is 9.10. The van der Waals surface area contributed by atoms with E-state index >= 15 is 0 Å². The Balaban J connectivity index is 2.28. The predicted octanol–water partition coefficient (Wildman–Crippen LogP) is 2.86. The molecular weight excluding hydrogens is 282 g/mol.